The lowest BCUT2D eigenvalue weighted by Gasteiger charge is -2.36. The van der Waals surface area contributed by atoms with Gasteiger partial charge in [-0.1, -0.05) is 0 Å². The molecule has 0 radical (unpaired) electrons. The van der Waals surface area contributed by atoms with Gasteiger partial charge in [0.25, 0.3) is 0 Å². The first-order valence-electron chi connectivity index (χ1n) is 7.94. The van der Waals surface area contributed by atoms with Crippen LogP contribution in [0.2, 0.25) is 0 Å². The molecule has 1 aromatic rings. The molecule has 136 valence electrons. The summed E-state index contributed by atoms with van der Waals surface area (Å²) in [5.41, 5.74) is 7.05. The highest BCUT2D eigenvalue weighted by molar-refractivity contribution is 14.0. The Hall–Kier alpha value is -1.13. The summed E-state index contributed by atoms with van der Waals surface area (Å²) < 4.78 is 18.1. The Balaban J connectivity index is 0.00000288. The largest absolute Gasteiger partial charge is 0.394 e. The summed E-state index contributed by atoms with van der Waals surface area (Å²) in [7, 11) is 0. The minimum absolute atomic E-state index is 0. The number of piperazine rings is 1. The monoisotopic (exact) mass is 452 g/mol. The highest BCUT2D eigenvalue weighted by atomic mass is 127. The van der Waals surface area contributed by atoms with Crippen LogP contribution in [0.4, 0.5) is 10.1 Å². The van der Waals surface area contributed by atoms with Gasteiger partial charge in [0.1, 0.15) is 5.82 Å². The molecule has 1 fully saturated rings. The number of rotatable bonds is 7. The molecule has 0 atom stereocenters. The molecule has 6 nitrogen and oxygen atoms in total. The first-order chi connectivity index (χ1) is 11.2. The molecule has 1 aromatic carbocycles. The second-order valence-electron chi connectivity index (χ2n) is 5.38. The number of aliphatic hydroxyl groups excluding tert-OH is 1. The van der Waals surface area contributed by atoms with Crippen LogP contribution in [-0.2, 0) is 4.74 Å². The third-order valence-electron chi connectivity index (χ3n) is 3.75. The van der Waals surface area contributed by atoms with Crippen molar-refractivity contribution in [1.29, 1.82) is 0 Å². The quantitative estimate of drug-likeness (QED) is 0.282. The summed E-state index contributed by atoms with van der Waals surface area (Å²) in [5.74, 6) is 0.345. The molecule has 0 amide bonds. The molecule has 1 aliphatic rings. The van der Waals surface area contributed by atoms with Crippen LogP contribution in [0.3, 0.4) is 0 Å². The van der Waals surface area contributed by atoms with Crippen LogP contribution in [0.5, 0.6) is 0 Å². The van der Waals surface area contributed by atoms with Gasteiger partial charge in [0.05, 0.1) is 13.2 Å². The number of aliphatic hydroxyl groups is 1. The Bertz CT molecular complexity index is 493. The number of guanidine groups is 1. The summed E-state index contributed by atoms with van der Waals surface area (Å²) in [5, 5.41) is 8.60. The average Bonchev–Trinajstić information content (AvgIpc) is 2.58. The van der Waals surface area contributed by atoms with Gasteiger partial charge < -0.3 is 25.4 Å². The van der Waals surface area contributed by atoms with E-state index in [1.807, 2.05) is 0 Å². The molecule has 0 saturated carbocycles. The van der Waals surface area contributed by atoms with Crippen molar-refractivity contribution in [2.45, 2.75) is 6.42 Å². The van der Waals surface area contributed by atoms with Crippen LogP contribution in [-0.4, -0.2) is 68.5 Å². The van der Waals surface area contributed by atoms with Crippen LogP contribution in [0.25, 0.3) is 0 Å². The Morgan fingerprint density at radius 1 is 1.17 bits per heavy atom. The zero-order valence-electron chi connectivity index (χ0n) is 13.7. The Kier molecular flexibility index (Phi) is 9.96. The molecule has 8 heteroatoms. The van der Waals surface area contributed by atoms with Crippen molar-refractivity contribution in [1.82, 2.24) is 4.90 Å². The highest BCUT2D eigenvalue weighted by Gasteiger charge is 2.18. The van der Waals surface area contributed by atoms with Gasteiger partial charge in [0, 0.05) is 45.0 Å². The zero-order chi connectivity index (χ0) is 16.5. The van der Waals surface area contributed by atoms with E-state index in [2.05, 4.69) is 14.8 Å². The van der Waals surface area contributed by atoms with E-state index >= 15 is 0 Å². The molecule has 1 aliphatic heterocycles. The standard InChI is InChI=1S/C16H25FN4O2.HI/c17-14-2-4-15(5-3-14)20-7-9-21(10-8-20)16(18)19-6-1-12-23-13-11-22;/h2-5,22H,1,6-13H2,(H2,18,19);1H. The predicted molar refractivity (Wildman–Crippen MR) is 105 cm³/mol. The van der Waals surface area contributed by atoms with Crippen molar-refractivity contribution < 1.29 is 14.2 Å². The molecule has 0 aliphatic carbocycles. The van der Waals surface area contributed by atoms with E-state index < -0.39 is 0 Å². The van der Waals surface area contributed by atoms with E-state index in [0.717, 1.165) is 38.3 Å². The number of aliphatic imine (C=N–C) groups is 1. The molecule has 0 spiro atoms. The second-order valence-corrected chi connectivity index (χ2v) is 5.38. The fourth-order valence-corrected chi connectivity index (χ4v) is 2.47. The van der Waals surface area contributed by atoms with Gasteiger partial charge in [0.2, 0.25) is 0 Å². The van der Waals surface area contributed by atoms with Gasteiger partial charge in [-0.2, -0.15) is 0 Å². The number of anilines is 1. The summed E-state index contributed by atoms with van der Waals surface area (Å²) >= 11 is 0. The minimum atomic E-state index is -0.216. The molecule has 1 saturated heterocycles. The van der Waals surface area contributed by atoms with Crippen LogP contribution in [0, 0.1) is 5.82 Å². The lowest BCUT2D eigenvalue weighted by Crippen LogP contribution is -2.51. The fourth-order valence-electron chi connectivity index (χ4n) is 2.47. The topological polar surface area (TPSA) is 74.3 Å². The van der Waals surface area contributed by atoms with Crippen LogP contribution >= 0.6 is 24.0 Å². The van der Waals surface area contributed by atoms with Crippen molar-refractivity contribution in [3.8, 4) is 0 Å². The van der Waals surface area contributed by atoms with E-state index in [9.17, 15) is 4.39 Å². The molecule has 1 heterocycles. The molecular weight excluding hydrogens is 426 g/mol. The second kappa shape index (κ2) is 11.4. The molecule has 0 bridgehead atoms. The Labute approximate surface area is 159 Å². The normalized spacial score (nSPS) is 15.3. The molecular formula is C16H26FIN4O2. The molecule has 24 heavy (non-hydrogen) atoms. The third-order valence-corrected chi connectivity index (χ3v) is 3.75. The van der Waals surface area contributed by atoms with Crippen molar-refractivity contribution in [2.75, 3.05) is 57.4 Å². The SMILES string of the molecule is I.NC(=NCCCOCCO)N1CCN(c2ccc(F)cc2)CC1. The maximum absolute atomic E-state index is 13.0. The van der Waals surface area contributed by atoms with E-state index in [0.29, 0.717) is 25.7 Å². The van der Waals surface area contributed by atoms with Gasteiger partial charge >= 0.3 is 0 Å². The summed E-state index contributed by atoms with van der Waals surface area (Å²) in [6.45, 7) is 4.88. The van der Waals surface area contributed by atoms with Gasteiger partial charge in [-0.25, -0.2) is 4.39 Å². The van der Waals surface area contributed by atoms with E-state index in [1.54, 1.807) is 12.1 Å². The number of hydrogen-bond acceptors (Lipinski definition) is 4. The molecule has 3 N–H and O–H groups in total. The highest BCUT2D eigenvalue weighted by Crippen LogP contribution is 2.16. The van der Waals surface area contributed by atoms with Gasteiger partial charge in [0.15, 0.2) is 5.96 Å². The first-order valence-corrected chi connectivity index (χ1v) is 7.94. The number of ether oxygens (including phenoxy) is 1. The number of benzene rings is 1. The minimum Gasteiger partial charge on any atom is -0.394 e. The third kappa shape index (κ3) is 6.78. The van der Waals surface area contributed by atoms with Gasteiger partial charge in [-0.3, -0.25) is 4.99 Å². The van der Waals surface area contributed by atoms with E-state index in [-0.39, 0.29) is 36.4 Å². The van der Waals surface area contributed by atoms with E-state index in [4.69, 9.17) is 15.6 Å². The number of nitrogens with zero attached hydrogens (tertiary/aromatic N) is 3. The Morgan fingerprint density at radius 3 is 2.46 bits per heavy atom. The van der Waals surface area contributed by atoms with Crippen LogP contribution in [0.15, 0.2) is 29.3 Å². The lowest BCUT2D eigenvalue weighted by molar-refractivity contribution is 0.0917. The number of nitrogens with two attached hydrogens (primary N) is 1. The van der Waals surface area contributed by atoms with Crippen molar-refractivity contribution in [3.63, 3.8) is 0 Å². The van der Waals surface area contributed by atoms with Crippen molar-refractivity contribution in [3.05, 3.63) is 30.1 Å². The first kappa shape index (κ1) is 20.9. The molecule has 0 aromatic heterocycles. The number of halogens is 2. The average molecular weight is 452 g/mol. The fraction of sp³-hybridized carbons (Fsp3) is 0.562. The molecule has 0 unspecified atom stereocenters. The molecule has 2 rings (SSSR count). The van der Waals surface area contributed by atoms with Crippen LogP contribution < -0.4 is 10.6 Å². The smallest absolute Gasteiger partial charge is 0.191 e. The summed E-state index contributed by atoms with van der Waals surface area (Å²) in [4.78, 5) is 8.64. The van der Waals surface area contributed by atoms with Crippen LogP contribution in [0.1, 0.15) is 6.42 Å². The maximum atomic E-state index is 13.0. The van der Waals surface area contributed by atoms with Gasteiger partial charge in [-0.05, 0) is 30.7 Å². The summed E-state index contributed by atoms with van der Waals surface area (Å²) in [6, 6.07) is 6.57. The van der Waals surface area contributed by atoms with Crippen molar-refractivity contribution in [2.24, 2.45) is 10.7 Å². The zero-order valence-corrected chi connectivity index (χ0v) is 16.1. The Morgan fingerprint density at radius 2 is 1.83 bits per heavy atom. The van der Waals surface area contributed by atoms with E-state index in [1.165, 1.54) is 12.1 Å². The lowest BCUT2D eigenvalue weighted by atomic mass is 10.2. The predicted octanol–water partition coefficient (Wildman–Crippen LogP) is 1.28. The maximum Gasteiger partial charge on any atom is 0.191 e. The number of hydrogen-bond donors (Lipinski definition) is 2. The summed E-state index contributed by atoms with van der Waals surface area (Å²) in [6.07, 6.45) is 0.788. The van der Waals surface area contributed by atoms with Crippen molar-refractivity contribution >= 4 is 35.6 Å². The van der Waals surface area contributed by atoms with Gasteiger partial charge in [-0.15, -0.1) is 24.0 Å².